The predicted molar refractivity (Wildman–Crippen MR) is 68.7 cm³/mol. The zero-order chi connectivity index (χ0) is 14.0. The summed E-state index contributed by atoms with van der Waals surface area (Å²) >= 11 is 1.18. The van der Waals surface area contributed by atoms with E-state index >= 15 is 0 Å². The first-order valence-corrected chi connectivity index (χ1v) is 6.58. The molecule has 2 heterocycles. The second kappa shape index (κ2) is 5.40. The van der Waals surface area contributed by atoms with E-state index in [-0.39, 0.29) is 17.4 Å². The van der Waals surface area contributed by atoms with Crippen LogP contribution in [0.15, 0.2) is 10.6 Å². The molecule has 0 aliphatic carbocycles. The van der Waals surface area contributed by atoms with Crippen molar-refractivity contribution in [2.75, 3.05) is 0 Å². The summed E-state index contributed by atoms with van der Waals surface area (Å²) in [4.78, 5) is 16.2. The number of aryl methyl sites for hydroxylation is 1. The van der Waals surface area contributed by atoms with E-state index < -0.39 is 5.97 Å². The van der Waals surface area contributed by atoms with Crippen LogP contribution in [0.25, 0.3) is 0 Å². The monoisotopic (exact) mass is 282 g/mol. The number of nitrogens with zero attached hydrogens (tertiary/aromatic N) is 2. The van der Waals surface area contributed by atoms with Gasteiger partial charge in [-0.25, -0.2) is 4.79 Å². The number of hydrogen-bond donors (Lipinski definition) is 1. The van der Waals surface area contributed by atoms with Crippen molar-refractivity contribution in [2.45, 2.75) is 33.3 Å². The number of thiophene rings is 1. The third-order valence-corrected chi connectivity index (χ3v) is 3.37. The van der Waals surface area contributed by atoms with E-state index in [1.54, 1.807) is 6.07 Å². The second-order valence-corrected chi connectivity index (χ2v) is 5.60. The maximum atomic E-state index is 11.0. The number of rotatable bonds is 5. The molecule has 0 bridgehead atoms. The van der Waals surface area contributed by atoms with Crippen LogP contribution in [-0.2, 0) is 6.61 Å². The van der Waals surface area contributed by atoms with Gasteiger partial charge in [0.25, 0.3) is 0 Å². The van der Waals surface area contributed by atoms with Crippen molar-refractivity contribution < 1.29 is 19.2 Å². The highest BCUT2D eigenvalue weighted by molar-refractivity contribution is 7.14. The minimum absolute atomic E-state index is 0.0900. The Balaban J connectivity index is 2.07. The molecule has 0 aromatic carbocycles. The molecule has 102 valence electrons. The number of aromatic carboxylic acids is 1. The summed E-state index contributed by atoms with van der Waals surface area (Å²) in [6.45, 7) is 5.81. The molecule has 0 atom stereocenters. The second-order valence-electron chi connectivity index (χ2n) is 4.35. The fourth-order valence-corrected chi connectivity index (χ4v) is 2.24. The Morgan fingerprint density at radius 3 is 2.89 bits per heavy atom. The molecule has 0 fully saturated rings. The third-order valence-electron chi connectivity index (χ3n) is 2.35. The van der Waals surface area contributed by atoms with E-state index in [0.717, 1.165) is 4.88 Å². The fraction of sp³-hybridized carbons (Fsp3) is 0.417. The number of carbonyl (C=O) groups is 1. The van der Waals surface area contributed by atoms with Crippen LogP contribution in [0.2, 0.25) is 0 Å². The van der Waals surface area contributed by atoms with Gasteiger partial charge in [-0.1, -0.05) is 19.0 Å². The van der Waals surface area contributed by atoms with Crippen molar-refractivity contribution >= 4 is 17.3 Å². The van der Waals surface area contributed by atoms with E-state index in [4.69, 9.17) is 14.4 Å². The molecular weight excluding hydrogens is 268 g/mol. The average molecular weight is 282 g/mol. The van der Waals surface area contributed by atoms with E-state index in [1.807, 2.05) is 20.8 Å². The van der Waals surface area contributed by atoms with Crippen LogP contribution >= 0.6 is 11.3 Å². The van der Waals surface area contributed by atoms with Gasteiger partial charge < -0.3 is 14.4 Å². The molecule has 19 heavy (non-hydrogen) atoms. The Morgan fingerprint density at radius 1 is 1.58 bits per heavy atom. The summed E-state index contributed by atoms with van der Waals surface area (Å²) in [6, 6.07) is 1.69. The van der Waals surface area contributed by atoms with Crippen LogP contribution in [0, 0.1) is 6.92 Å². The fourth-order valence-electron chi connectivity index (χ4n) is 1.45. The van der Waals surface area contributed by atoms with E-state index in [9.17, 15) is 4.79 Å². The van der Waals surface area contributed by atoms with Crippen molar-refractivity contribution in [2.24, 2.45) is 0 Å². The van der Waals surface area contributed by atoms with Gasteiger partial charge in [0, 0.05) is 10.8 Å². The molecule has 1 N–H and O–H groups in total. The molecule has 0 unspecified atom stereocenters. The van der Waals surface area contributed by atoms with Crippen molar-refractivity contribution in [1.82, 2.24) is 10.1 Å². The van der Waals surface area contributed by atoms with Gasteiger partial charge in [0.15, 0.2) is 11.5 Å². The molecule has 2 aromatic rings. The van der Waals surface area contributed by atoms with Crippen LogP contribution in [0.4, 0.5) is 0 Å². The lowest BCUT2D eigenvalue weighted by molar-refractivity contribution is 0.0697. The third kappa shape index (κ3) is 3.11. The lowest BCUT2D eigenvalue weighted by Gasteiger charge is -2.01. The molecule has 0 aliphatic heterocycles. The Kier molecular flexibility index (Phi) is 3.84. The molecule has 0 spiro atoms. The maximum absolute atomic E-state index is 11.0. The molecule has 6 nitrogen and oxygen atoms in total. The molecule has 0 saturated carbocycles. The Morgan fingerprint density at radius 2 is 2.32 bits per heavy atom. The first-order valence-electron chi connectivity index (χ1n) is 5.76. The van der Waals surface area contributed by atoms with Crippen molar-refractivity contribution in [3.63, 3.8) is 0 Å². The van der Waals surface area contributed by atoms with Gasteiger partial charge >= 0.3 is 5.97 Å². The van der Waals surface area contributed by atoms with Crippen LogP contribution in [0.5, 0.6) is 5.75 Å². The summed E-state index contributed by atoms with van der Waals surface area (Å²) in [6.07, 6.45) is 0. The van der Waals surface area contributed by atoms with Gasteiger partial charge in [-0.2, -0.15) is 4.98 Å². The number of aromatic nitrogens is 2. The highest BCUT2D eigenvalue weighted by Gasteiger charge is 2.16. The molecule has 0 saturated heterocycles. The smallest absolute Gasteiger partial charge is 0.349 e. The van der Waals surface area contributed by atoms with Crippen molar-refractivity contribution in [1.29, 1.82) is 0 Å². The minimum atomic E-state index is -0.996. The van der Waals surface area contributed by atoms with E-state index in [2.05, 4.69) is 10.1 Å². The van der Waals surface area contributed by atoms with Gasteiger partial charge in [0.1, 0.15) is 5.75 Å². The molecular formula is C12H14N2O4S. The van der Waals surface area contributed by atoms with Gasteiger partial charge in [-0.15, -0.1) is 11.3 Å². The molecule has 2 aromatic heterocycles. The summed E-state index contributed by atoms with van der Waals surface area (Å²) in [5.74, 6) is 0.441. The molecule has 2 rings (SSSR count). The molecule has 0 radical (unpaired) electrons. The number of ether oxygens (including phenoxy) is 1. The molecule has 0 amide bonds. The topological polar surface area (TPSA) is 85.5 Å². The standard InChI is InChI=1S/C12H14N2O4S/c1-6(2)11-13-9(14-18-11)5-17-8-4-7(3)19-10(8)12(15)16/h4,6H,5H2,1-3H3,(H,15,16). The summed E-state index contributed by atoms with van der Waals surface area (Å²) in [5.41, 5.74) is 0. The van der Waals surface area contributed by atoms with Crippen LogP contribution in [-0.4, -0.2) is 21.2 Å². The summed E-state index contributed by atoms with van der Waals surface area (Å²) < 4.78 is 10.5. The van der Waals surface area contributed by atoms with Crippen LogP contribution in [0.1, 0.15) is 46.0 Å². The predicted octanol–water partition coefficient (Wildman–Crippen LogP) is 2.84. The average Bonchev–Trinajstić information content (AvgIpc) is 2.92. The maximum Gasteiger partial charge on any atom is 0.349 e. The van der Waals surface area contributed by atoms with Gasteiger partial charge in [0.2, 0.25) is 11.7 Å². The van der Waals surface area contributed by atoms with Crippen LogP contribution < -0.4 is 4.74 Å². The normalized spacial score (nSPS) is 10.9. The Bertz CT molecular complexity index is 588. The first-order chi connectivity index (χ1) is 8.97. The van der Waals surface area contributed by atoms with E-state index in [1.165, 1.54) is 11.3 Å². The SMILES string of the molecule is Cc1cc(OCc2noc(C(C)C)n2)c(C(=O)O)s1. The largest absolute Gasteiger partial charge is 0.484 e. The van der Waals surface area contributed by atoms with Gasteiger partial charge in [-0.05, 0) is 13.0 Å². The zero-order valence-electron chi connectivity index (χ0n) is 10.8. The lowest BCUT2D eigenvalue weighted by atomic mass is 10.2. The van der Waals surface area contributed by atoms with Gasteiger partial charge in [-0.3, -0.25) is 0 Å². The highest BCUT2D eigenvalue weighted by Crippen LogP contribution is 2.29. The quantitative estimate of drug-likeness (QED) is 0.907. The number of carboxylic acids is 1. The summed E-state index contributed by atoms with van der Waals surface area (Å²) in [7, 11) is 0. The first kappa shape index (κ1) is 13.5. The highest BCUT2D eigenvalue weighted by atomic mass is 32.1. The van der Waals surface area contributed by atoms with Crippen LogP contribution in [0.3, 0.4) is 0 Å². The Hall–Kier alpha value is -1.89. The van der Waals surface area contributed by atoms with Crippen molar-refractivity contribution in [3.8, 4) is 5.75 Å². The van der Waals surface area contributed by atoms with Crippen molar-refractivity contribution in [3.05, 3.63) is 27.5 Å². The minimum Gasteiger partial charge on any atom is -0.484 e. The van der Waals surface area contributed by atoms with E-state index in [0.29, 0.717) is 17.5 Å². The Labute approximate surface area is 114 Å². The number of hydrogen-bond acceptors (Lipinski definition) is 6. The number of carboxylic acid groups (broad SMARTS) is 1. The van der Waals surface area contributed by atoms with Gasteiger partial charge in [0.05, 0.1) is 0 Å². The summed E-state index contributed by atoms with van der Waals surface area (Å²) in [5, 5.41) is 12.8. The molecule has 7 heteroatoms. The lowest BCUT2D eigenvalue weighted by Crippen LogP contribution is -2.01. The zero-order valence-corrected chi connectivity index (χ0v) is 11.7. The molecule has 0 aliphatic rings.